The molecule has 0 amide bonds. The molecule has 0 N–H and O–H groups in total. The van der Waals surface area contributed by atoms with Crippen molar-refractivity contribution in [1.29, 1.82) is 0 Å². The highest BCUT2D eigenvalue weighted by Crippen LogP contribution is 2.33. The van der Waals surface area contributed by atoms with Gasteiger partial charge in [0.05, 0.1) is 5.41 Å². The molecular formula is C10H19ClO2. The van der Waals surface area contributed by atoms with Crippen molar-refractivity contribution in [3.8, 4) is 0 Å². The highest BCUT2D eigenvalue weighted by molar-refractivity contribution is 6.17. The molecule has 13 heavy (non-hydrogen) atoms. The summed E-state index contributed by atoms with van der Waals surface area (Å²) in [6.45, 7) is 10.1. The van der Waals surface area contributed by atoms with Crippen molar-refractivity contribution >= 4 is 17.6 Å². The van der Waals surface area contributed by atoms with E-state index in [0.29, 0.717) is 0 Å². The van der Waals surface area contributed by atoms with Crippen LogP contribution in [0.4, 0.5) is 0 Å². The molecule has 0 saturated carbocycles. The number of carbonyl (C=O) groups excluding carboxylic acids is 1. The van der Waals surface area contributed by atoms with Gasteiger partial charge >= 0.3 is 5.97 Å². The normalized spacial score (nSPS) is 12.8. The summed E-state index contributed by atoms with van der Waals surface area (Å²) >= 11 is 5.33. The average molecular weight is 207 g/mol. The van der Waals surface area contributed by atoms with Crippen molar-refractivity contribution in [2.24, 2.45) is 10.8 Å². The van der Waals surface area contributed by atoms with E-state index >= 15 is 0 Å². The van der Waals surface area contributed by atoms with Crippen LogP contribution in [0.25, 0.3) is 0 Å². The molecule has 0 unspecified atom stereocenters. The number of ether oxygens (including phenoxy) is 1. The van der Waals surface area contributed by atoms with Crippen molar-refractivity contribution in [2.75, 3.05) is 6.07 Å². The zero-order valence-electron chi connectivity index (χ0n) is 9.11. The topological polar surface area (TPSA) is 26.3 Å². The minimum absolute atomic E-state index is 0.0631. The molecule has 0 aliphatic carbocycles. The Hall–Kier alpha value is -0.240. The molecule has 0 aliphatic heterocycles. The van der Waals surface area contributed by atoms with Crippen LogP contribution in [0, 0.1) is 10.8 Å². The monoisotopic (exact) mass is 206 g/mol. The SMILES string of the molecule is CC(C)(C)CC(C)(C)C(=O)OCCl. The Morgan fingerprint density at radius 2 is 1.69 bits per heavy atom. The first-order valence-corrected chi connectivity index (χ1v) is 4.96. The van der Waals surface area contributed by atoms with Crippen molar-refractivity contribution in [2.45, 2.75) is 41.0 Å². The largest absolute Gasteiger partial charge is 0.449 e. The highest BCUT2D eigenvalue weighted by atomic mass is 35.5. The smallest absolute Gasteiger partial charge is 0.312 e. The number of carbonyl (C=O) groups is 1. The Bertz CT molecular complexity index is 180. The van der Waals surface area contributed by atoms with Gasteiger partial charge in [0.25, 0.3) is 0 Å². The maximum absolute atomic E-state index is 11.4. The maximum atomic E-state index is 11.4. The van der Waals surface area contributed by atoms with Gasteiger partial charge in [0.1, 0.15) is 0 Å². The van der Waals surface area contributed by atoms with E-state index in [1.54, 1.807) is 0 Å². The van der Waals surface area contributed by atoms with Gasteiger partial charge in [0, 0.05) is 0 Å². The van der Waals surface area contributed by atoms with Crippen LogP contribution in [-0.2, 0) is 9.53 Å². The van der Waals surface area contributed by atoms with Crippen molar-refractivity contribution in [3.05, 3.63) is 0 Å². The summed E-state index contributed by atoms with van der Waals surface area (Å²) in [5.74, 6) is -0.225. The van der Waals surface area contributed by atoms with Gasteiger partial charge in [-0.2, -0.15) is 0 Å². The second-order valence-electron chi connectivity index (χ2n) is 5.16. The minimum Gasteiger partial charge on any atom is -0.449 e. The number of esters is 1. The molecule has 0 aliphatic rings. The summed E-state index contributed by atoms with van der Waals surface area (Å²) in [6.07, 6.45) is 0.787. The molecule has 0 fully saturated rings. The first-order valence-electron chi connectivity index (χ1n) is 4.42. The summed E-state index contributed by atoms with van der Waals surface area (Å²) in [6, 6.07) is -0.0631. The number of hydrogen-bond donors (Lipinski definition) is 0. The van der Waals surface area contributed by atoms with Gasteiger partial charge in [-0.25, -0.2) is 0 Å². The van der Waals surface area contributed by atoms with Crippen LogP contribution in [0.5, 0.6) is 0 Å². The number of alkyl halides is 1. The fraction of sp³-hybridized carbons (Fsp3) is 0.900. The first kappa shape index (κ1) is 12.8. The Kier molecular flexibility index (Phi) is 4.24. The first-order chi connectivity index (χ1) is 5.69. The zero-order chi connectivity index (χ0) is 10.7. The molecule has 0 atom stereocenters. The van der Waals surface area contributed by atoms with Gasteiger partial charge in [-0.05, 0) is 25.7 Å². The van der Waals surface area contributed by atoms with Crippen LogP contribution in [0.15, 0.2) is 0 Å². The average Bonchev–Trinajstić information content (AvgIpc) is 1.82. The Morgan fingerprint density at radius 1 is 1.23 bits per heavy atom. The lowest BCUT2D eigenvalue weighted by Crippen LogP contribution is -2.30. The van der Waals surface area contributed by atoms with Crippen molar-refractivity contribution in [1.82, 2.24) is 0 Å². The van der Waals surface area contributed by atoms with E-state index in [9.17, 15) is 4.79 Å². The third kappa shape index (κ3) is 5.14. The van der Waals surface area contributed by atoms with Gasteiger partial charge in [-0.15, -0.1) is 0 Å². The maximum Gasteiger partial charge on any atom is 0.312 e. The van der Waals surface area contributed by atoms with E-state index in [-0.39, 0.29) is 17.5 Å². The van der Waals surface area contributed by atoms with Crippen molar-refractivity contribution < 1.29 is 9.53 Å². The molecular weight excluding hydrogens is 188 g/mol. The van der Waals surface area contributed by atoms with E-state index in [4.69, 9.17) is 16.3 Å². The molecule has 78 valence electrons. The predicted octanol–water partition coefficient (Wildman–Crippen LogP) is 3.19. The molecule has 0 radical (unpaired) electrons. The van der Waals surface area contributed by atoms with Gasteiger partial charge in [-0.3, -0.25) is 4.79 Å². The molecule has 0 bridgehead atoms. The number of halogens is 1. The zero-order valence-corrected chi connectivity index (χ0v) is 9.86. The van der Waals surface area contributed by atoms with E-state index in [1.165, 1.54) is 0 Å². The van der Waals surface area contributed by atoms with E-state index < -0.39 is 5.41 Å². The van der Waals surface area contributed by atoms with Crippen LogP contribution in [0.3, 0.4) is 0 Å². The number of hydrogen-bond acceptors (Lipinski definition) is 2. The quantitative estimate of drug-likeness (QED) is 0.524. The fourth-order valence-electron chi connectivity index (χ4n) is 1.64. The van der Waals surface area contributed by atoms with Gasteiger partial charge in [0.15, 0.2) is 6.07 Å². The van der Waals surface area contributed by atoms with Gasteiger partial charge in [0.2, 0.25) is 0 Å². The molecule has 0 rings (SSSR count). The molecule has 0 aromatic heterocycles. The van der Waals surface area contributed by atoms with E-state index in [1.807, 2.05) is 13.8 Å². The molecule has 2 nitrogen and oxygen atoms in total. The Morgan fingerprint density at radius 3 is 2.00 bits per heavy atom. The summed E-state index contributed by atoms with van der Waals surface area (Å²) in [5, 5.41) is 0. The lowest BCUT2D eigenvalue weighted by Gasteiger charge is -2.29. The molecule has 0 aromatic carbocycles. The van der Waals surface area contributed by atoms with Crippen molar-refractivity contribution in [3.63, 3.8) is 0 Å². The van der Waals surface area contributed by atoms with Crippen LogP contribution < -0.4 is 0 Å². The third-order valence-corrected chi connectivity index (χ3v) is 1.82. The molecule has 0 spiro atoms. The standard InChI is InChI=1S/C10H19ClO2/c1-9(2,3)6-10(4,5)8(12)13-7-11/h6-7H2,1-5H3. The second kappa shape index (κ2) is 4.32. The lowest BCUT2D eigenvalue weighted by molar-refractivity contribution is -0.153. The lowest BCUT2D eigenvalue weighted by atomic mass is 9.76. The second-order valence-corrected chi connectivity index (χ2v) is 5.38. The summed E-state index contributed by atoms with van der Waals surface area (Å²) < 4.78 is 4.78. The number of rotatable bonds is 3. The Balaban J connectivity index is 4.30. The van der Waals surface area contributed by atoms with Crippen LogP contribution in [0.2, 0.25) is 0 Å². The molecule has 0 aromatic rings. The summed E-state index contributed by atoms with van der Waals surface area (Å²) in [5.41, 5.74) is -0.331. The minimum atomic E-state index is -0.451. The Labute approximate surface area is 85.6 Å². The molecule has 3 heteroatoms. The summed E-state index contributed by atoms with van der Waals surface area (Å²) in [4.78, 5) is 11.4. The molecule has 0 heterocycles. The van der Waals surface area contributed by atoms with E-state index in [2.05, 4.69) is 20.8 Å². The van der Waals surface area contributed by atoms with Gasteiger partial charge in [-0.1, -0.05) is 32.4 Å². The molecule has 0 saturated heterocycles. The van der Waals surface area contributed by atoms with E-state index in [0.717, 1.165) is 6.42 Å². The van der Waals surface area contributed by atoms with Crippen LogP contribution >= 0.6 is 11.6 Å². The fourth-order valence-corrected chi connectivity index (χ4v) is 1.74. The summed E-state index contributed by atoms with van der Waals surface area (Å²) in [7, 11) is 0. The third-order valence-electron chi connectivity index (χ3n) is 1.71. The van der Waals surface area contributed by atoms with Crippen LogP contribution in [-0.4, -0.2) is 12.0 Å². The van der Waals surface area contributed by atoms with Crippen LogP contribution in [0.1, 0.15) is 41.0 Å². The van der Waals surface area contributed by atoms with Gasteiger partial charge < -0.3 is 4.74 Å². The highest BCUT2D eigenvalue weighted by Gasteiger charge is 2.33. The predicted molar refractivity (Wildman–Crippen MR) is 54.7 cm³/mol.